The molecule has 0 aliphatic rings. The molecule has 0 bridgehead atoms. The topological polar surface area (TPSA) is 87.2 Å². The van der Waals surface area contributed by atoms with Crippen LogP contribution >= 0.6 is 0 Å². The van der Waals surface area contributed by atoms with E-state index in [2.05, 4.69) is 11.9 Å². The first-order valence-corrected chi connectivity index (χ1v) is 9.95. The minimum Gasteiger partial charge on any atom is -0.497 e. The van der Waals surface area contributed by atoms with Crippen molar-refractivity contribution >= 4 is 22.7 Å². The zero-order valence-corrected chi connectivity index (χ0v) is 17.1. The van der Waals surface area contributed by atoms with Crippen LogP contribution in [0.4, 0.5) is 0 Å². The molecule has 0 fully saturated rings. The van der Waals surface area contributed by atoms with Gasteiger partial charge >= 0.3 is 0 Å². The quantitative estimate of drug-likeness (QED) is 0.556. The van der Waals surface area contributed by atoms with Crippen molar-refractivity contribution in [2.75, 3.05) is 7.11 Å². The van der Waals surface area contributed by atoms with E-state index in [1.807, 2.05) is 31.2 Å². The average Bonchev–Trinajstić information content (AvgIpc) is 3.13. The minimum atomic E-state index is -1.04. The van der Waals surface area contributed by atoms with Gasteiger partial charge in [0.05, 0.1) is 18.1 Å². The summed E-state index contributed by atoms with van der Waals surface area (Å²) in [5.41, 5.74) is 6.72. The maximum atomic E-state index is 13.4. The lowest BCUT2D eigenvalue weighted by Gasteiger charge is -2.33. The highest BCUT2D eigenvalue weighted by atomic mass is 16.5. The van der Waals surface area contributed by atoms with Crippen molar-refractivity contribution in [1.82, 2.24) is 9.55 Å². The number of fused-ring (bicyclic) bond motifs is 1. The van der Waals surface area contributed by atoms with Crippen LogP contribution in [0.2, 0.25) is 0 Å². The van der Waals surface area contributed by atoms with Gasteiger partial charge in [-0.25, -0.2) is 4.98 Å². The number of amides is 1. The largest absolute Gasteiger partial charge is 0.497 e. The molecular formula is C23H27N3O3. The van der Waals surface area contributed by atoms with Crippen molar-refractivity contribution in [3.05, 3.63) is 59.9 Å². The van der Waals surface area contributed by atoms with Gasteiger partial charge in [-0.15, -0.1) is 0 Å². The van der Waals surface area contributed by atoms with Crippen LogP contribution in [0.25, 0.3) is 11.0 Å². The van der Waals surface area contributed by atoms with E-state index in [0.29, 0.717) is 35.2 Å². The molecule has 0 saturated carbocycles. The summed E-state index contributed by atoms with van der Waals surface area (Å²) >= 11 is 0. The van der Waals surface area contributed by atoms with Gasteiger partial charge in [0.2, 0.25) is 11.7 Å². The zero-order chi connectivity index (χ0) is 21.0. The second kappa shape index (κ2) is 8.47. The number of hydrogen-bond acceptors (Lipinski definition) is 4. The number of benzene rings is 2. The van der Waals surface area contributed by atoms with Gasteiger partial charge in [0.1, 0.15) is 11.3 Å². The minimum absolute atomic E-state index is 0.219. The Bertz CT molecular complexity index is 1030. The van der Waals surface area contributed by atoms with Gasteiger partial charge in [-0.1, -0.05) is 57.0 Å². The van der Waals surface area contributed by atoms with Gasteiger partial charge in [0, 0.05) is 11.6 Å². The predicted octanol–water partition coefficient (Wildman–Crippen LogP) is 4.06. The van der Waals surface area contributed by atoms with Crippen molar-refractivity contribution < 1.29 is 14.3 Å². The van der Waals surface area contributed by atoms with Crippen molar-refractivity contribution in [3.8, 4) is 5.75 Å². The van der Waals surface area contributed by atoms with Crippen LogP contribution in [0.15, 0.2) is 48.5 Å². The maximum Gasteiger partial charge on any atom is 0.243 e. The molecule has 1 unspecified atom stereocenters. The summed E-state index contributed by atoms with van der Waals surface area (Å²) in [6, 6.07) is 14.4. The first-order valence-electron chi connectivity index (χ1n) is 9.95. The number of rotatable bonds is 9. The van der Waals surface area contributed by atoms with E-state index < -0.39 is 11.4 Å². The fraction of sp³-hybridized carbons (Fsp3) is 0.348. The van der Waals surface area contributed by atoms with Gasteiger partial charge in [-0.2, -0.15) is 0 Å². The van der Waals surface area contributed by atoms with Crippen LogP contribution < -0.4 is 10.5 Å². The van der Waals surface area contributed by atoms with E-state index in [1.165, 1.54) is 0 Å². The zero-order valence-electron chi connectivity index (χ0n) is 17.1. The molecule has 3 aromatic rings. The molecule has 6 nitrogen and oxygen atoms in total. The third-order valence-electron chi connectivity index (χ3n) is 5.52. The number of nitrogens with two attached hydrogens (primary N) is 1. The van der Waals surface area contributed by atoms with Gasteiger partial charge < -0.3 is 15.0 Å². The number of carbonyl (C=O) groups is 2. The molecule has 1 heterocycles. The Balaban J connectivity index is 2.34. The van der Waals surface area contributed by atoms with Crippen molar-refractivity contribution in [2.24, 2.45) is 5.73 Å². The number of ether oxygens (including phenoxy) is 1. The molecule has 0 aliphatic carbocycles. The molecule has 2 N–H and O–H groups in total. The van der Waals surface area contributed by atoms with E-state index in [9.17, 15) is 9.59 Å². The fourth-order valence-corrected chi connectivity index (χ4v) is 3.81. The molecule has 0 saturated heterocycles. The molecule has 6 heteroatoms. The Morgan fingerprint density at radius 2 is 1.86 bits per heavy atom. The molecule has 29 heavy (non-hydrogen) atoms. The van der Waals surface area contributed by atoms with E-state index >= 15 is 0 Å². The van der Waals surface area contributed by atoms with E-state index in [1.54, 1.807) is 35.9 Å². The van der Waals surface area contributed by atoms with Crippen molar-refractivity contribution in [1.29, 1.82) is 0 Å². The van der Waals surface area contributed by atoms with Crippen LogP contribution in [0.3, 0.4) is 0 Å². The average molecular weight is 393 g/mol. The third-order valence-corrected chi connectivity index (χ3v) is 5.52. The SMILES string of the molecule is CCCCC(CC)(C(N)=O)n1c(C(=O)c2ccccc2)nc2ccc(OC)cc21. The second-order valence-corrected chi connectivity index (χ2v) is 7.17. The summed E-state index contributed by atoms with van der Waals surface area (Å²) in [5.74, 6) is 0.146. The Hall–Kier alpha value is -3.15. The Morgan fingerprint density at radius 1 is 1.14 bits per heavy atom. The van der Waals surface area contributed by atoms with Crippen LogP contribution in [0, 0.1) is 0 Å². The summed E-state index contributed by atoms with van der Waals surface area (Å²) in [7, 11) is 1.58. The summed E-state index contributed by atoms with van der Waals surface area (Å²) < 4.78 is 7.13. The molecule has 1 aromatic heterocycles. The highest BCUT2D eigenvalue weighted by molar-refractivity contribution is 6.09. The monoisotopic (exact) mass is 393 g/mol. The van der Waals surface area contributed by atoms with E-state index in [4.69, 9.17) is 10.5 Å². The highest BCUT2D eigenvalue weighted by Crippen LogP contribution is 2.35. The van der Waals surface area contributed by atoms with E-state index in [0.717, 1.165) is 12.8 Å². The molecule has 0 radical (unpaired) electrons. The van der Waals surface area contributed by atoms with Crippen molar-refractivity contribution in [3.63, 3.8) is 0 Å². The van der Waals surface area contributed by atoms with Gasteiger partial charge in [0.15, 0.2) is 5.82 Å². The number of imidazole rings is 1. The van der Waals surface area contributed by atoms with Crippen LogP contribution in [-0.2, 0) is 10.3 Å². The number of hydrogen-bond donors (Lipinski definition) is 1. The summed E-state index contributed by atoms with van der Waals surface area (Å²) in [4.78, 5) is 30.8. The maximum absolute atomic E-state index is 13.4. The van der Waals surface area contributed by atoms with Crippen molar-refractivity contribution in [2.45, 2.75) is 45.1 Å². The molecule has 3 rings (SSSR count). The van der Waals surface area contributed by atoms with Gasteiger partial charge in [0.25, 0.3) is 0 Å². The second-order valence-electron chi connectivity index (χ2n) is 7.17. The number of unbranched alkanes of at least 4 members (excludes halogenated alkanes) is 1. The Morgan fingerprint density at radius 3 is 2.45 bits per heavy atom. The number of aromatic nitrogens is 2. The van der Waals surface area contributed by atoms with E-state index in [-0.39, 0.29) is 11.6 Å². The molecule has 0 aliphatic heterocycles. The first-order chi connectivity index (χ1) is 14.0. The van der Waals surface area contributed by atoms with Gasteiger partial charge in [-0.3, -0.25) is 9.59 Å². The van der Waals surface area contributed by atoms with Crippen LogP contribution in [-0.4, -0.2) is 28.4 Å². The Labute approximate surface area is 170 Å². The third kappa shape index (κ3) is 3.62. The molecule has 2 aromatic carbocycles. The number of methoxy groups -OCH3 is 1. The highest BCUT2D eigenvalue weighted by Gasteiger charge is 2.40. The lowest BCUT2D eigenvalue weighted by molar-refractivity contribution is -0.127. The standard InChI is InChI=1S/C23H27N3O3/c1-4-6-14-23(5-2,22(24)28)26-19-15-17(29-3)12-13-18(19)25-21(26)20(27)16-10-8-7-9-11-16/h7-13,15H,4-6,14H2,1-3H3,(H2,24,28). The molecule has 0 spiro atoms. The first kappa shape index (κ1) is 20.6. The fourth-order valence-electron chi connectivity index (χ4n) is 3.81. The van der Waals surface area contributed by atoms with Crippen LogP contribution in [0.1, 0.15) is 55.7 Å². The summed E-state index contributed by atoms with van der Waals surface area (Å²) in [5, 5.41) is 0. The number of ketones is 1. The normalized spacial score (nSPS) is 13.2. The number of carbonyl (C=O) groups excluding carboxylic acids is 2. The molecule has 152 valence electrons. The lowest BCUT2D eigenvalue weighted by atomic mass is 9.87. The van der Waals surface area contributed by atoms with Gasteiger partial charge in [-0.05, 0) is 25.0 Å². The number of nitrogens with zero attached hydrogens (tertiary/aromatic N) is 2. The summed E-state index contributed by atoms with van der Waals surface area (Å²) in [6.45, 7) is 3.98. The lowest BCUT2D eigenvalue weighted by Crippen LogP contribution is -2.47. The Kier molecular flexibility index (Phi) is 6.01. The molecular weight excluding hydrogens is 366 g/mol. The molecule has 1 amide bonds. The van der Waals surface area contributed by atoms with Crippen LogP contribution in [0.5, 0.6) is 5.75 Å². The molecule has 1 atom stereocenters. The number of primary amides is 1. The smallest absolute Gasteiger partial charge is 0.243 e. The predicted molar refractivity (Wildman–Crippen MR) is 113 cm³/mol. The summed E-state index contributed by atoms with van der Waals surface area (Å²) in [6.07, 6.45) is 2.71.